The minimum atomic E-state index is -3.39. The maximum absolute atomic E-state index is 10.8. The highest BCUT2D eigenvalue weighted by Gasteiger charge is 2.27. The summed E-state index contributed by atoms with van der Waals surface area (Å²) in [7, 11) is 1.76. The highest BCUT2D eigenvalue weighted by atomic mass is 35.7. The third-order valence-electron chi connectivity index (χ3n) is 2.69. The molecule has 1 aliphatic rings. The van der Waals surface area contributed by atoms with Crippen LogP contribution >= 0.6 is 10.7 Å². The summed E-state index contributed by atoms with van der Waals surface area (Å²) >= 11 is 0. The number of ether oxygens (including phenoxy) is 1. The summed E-state index contributed by atoms with van der Waals surface area (Å²) in [6.07, 6.45) is 2.63. The Bertz CT molecular complexity index is 285. The molecule has 5 heteroatoms. The zero-order valence-corrected chi connectivity index (χ0v) is 10.9. The maximum Gasteiger partial charge on any atom is 0.232 e. The Balaban J connectivity index is 2.08. The molecule has 2 unspecified atom stereocenters. The Hall–Kier alpha value is 0.200. The Morgan fingerprint density at radius 3 is 2.40 bits per heavy atom. The van der Waals surface area contributed by atoms with Crippen LogP contribution in [0, 0.1) is 17.8 Å². The first-order valence-electron chi connectivity index (χ1n) is 5.38. The maximum atomic E-state index is 10.8. The van der Waals surface area contributed by atoms with E-state index in [1.807, 2.05) is 6.92 Å². The van der Waals surface area contributed by atoms with Crippen molar-refractivity contribution in [1.82, 2.24) is 0 Å². The van der Waals surface area contributed by atoms with E-state index in [-0.39, 0.29) is 11.7 Å². The molecule has 0 N–H and O–H groups in total. The van der Waals surface area contributed by atoms with Crippen LogP contribution in [0.25, 0.3) is 0 Å². The predicted octanol–water partition coefficient (Wildman–Crippen LogP) is 2.25. The van der Waals surface area contributed by atoms with Gasteiger partial charge in [-0.25, -0.2) is 8.42 Å². The van der Waals surface area contributed by atoms with Gasteiger partial charge in [-0.05, 0) is 30.6 Å². The molecular formula is C10H19ClO3S. The van der Waals surface area contributed by atoms with Crippen LogP contribution in [-0.2, 0) is 13.8 Å². The summed E-state index contributed by atoms with van der Waals surface area (Å²) in [6.45, 7) is 5.22. The van der Waals surface area contributed by atoms with Gasteiger partial charge in [-0.3, -0.25) is 0 Å². The summed E-state index contributed by atoms with van der Waals surface area (Å²) in [5.41, 5.74) is 0. The Morgan fingerprint density at radius 2 is 1.93 bits per heavy atom. The van der Waals surface area contributed by atoms with Crippen LogP contribution < -0.4 is 0 Å². The first-order chi connectivity index (χ1) is 6.88. The van der Waals surface area contributed by atoms with Crippen LogP contribution in [-0.4, -0.2) is 27.4 Å². The molecule has 0 aromatic carbocycles. The van der Waals surface area contributed by atoms with Crippen LogP contribution in [0.15, 0.2) is 0 Å². The van der Waals surface area contributed by atoms with E-state index in [0.717, 1.165) is 12.5 Å². The van der Waals surface area contributed by atoms with Crippen molar-refractivity contribution in [3.8, 4) is 0 Å². The van der Waals surface area contributed by atoms with Crippen LogP contribution in [0.2, 0.25) is 0 Å². The van der Waals surface area contributed by atoms with E-state index in [2.05, 4.69) is 6.92 Å². The Labute approximate surface area is 96.6 Å². The zero-order chi connectivity index (χ0) is 11.5. The van der Waals surface area contributed by atoms with Gasteiger partial charge in [-0.15, -0.1) is 0 Å². The molecule has 1 aliphatic carbocycles. The molecule has 0 aliphatic heterocycles. The molecule has 0 saturated heterocycles. The fourth-order valence-electron chi connectivity index (χ4n) is 1.64. The lowest BCUT2D eigenvalue weighted by Crippen LogP contribution is -2.17. The summed E-state index contributed by atoms with van der Waals surface area (Å²) in [5.74, 6) is 1.40. The zero-order valence-electron chi connectivity index (χ0n) is 9.28. The molecule has 1 fully saturated rings. The molecular weight excluding hydrogens is 236 g/mol. The van der Waals surface area contributed by atoms with Gasteiger partial charge < -0.3 is 4.74 Å². The van der Waals surface area contributed by atoms with Crippen molar-refractivity contribution in [2.45, 2.75) is 26.7 Å². The van der Waals surface area contributed by atoms with Crippen LogP contribution in [0.3, 0.4) is 0 Å². The second kappa shape index (κ2) is 5.51. The quantitative estimate of drug-likeness (QED) is 0.655. The molecule has 0 aromatic rings. The monoisotopic (exact) mass is 254 g/mol. The lowest BCUT2D eigenvalue weighted by molar-refractivity contribution is 0.0790. The fourth-order valence-corrected chi connectivity index (χ4v) is 3.07. The van der Waals surface area contributed by atoms with Gasteiger partial charge >= 0.3 is 0 Å². The number of hydrogen-bond acceptors (Lipinski definition) is 3. The van der Waals surface area contributed by atoms with Crippen molar-refractivity contribution in [2.24, 2.45) is 17.8 Å². The molecule has 0 amide bonds. The van der Waals surface area contributed by atoms with Gasteiger partial charge in [-0.2, -0.15) is 0 Å². The van der Waals surface area contributed by atoms with E-state index in [1.165, 1.54) is 12.8 Å². The first kappa shape index (κ1) is 13.3. The smallest absolute Gasteiger partial charge is 0.232 e. The van der Waals surface area contributed by atoms with Crippen molar-refractivity contribution in [3.05, 3.63) is 0 Å². The molecule has 15 heavy (non-hydrogen) atoms. The topological polar surface area (TPSA) is 43.4 Å². The average molecular weight is 255 g/mol. The first-order valence-corrected chi connectivity index (χ1v) is 7.86. The highest BCUT2D eigenvalue weighted by Crippen LogP contribution is 2.36. The molecule has 0 radical (unpaired) electrons. The van der Waals surface area contributed by atoms with Gasteiger partial charge in [0, 0.05) is 17.3 Å². The van der Waals surface area contributed by atoms with Gasteiger partial charge in [0.2, 0.25) is 9.05 Å². The fraction of sp³-hybridized carbons (Fsp3) is 1.00. The highest BCUT2D eigenvalue weighted by molar-refractivity contribution is 8.13. The van der Waals surface area contributed by atoms with E-state index < -0.39 is 9.05 Å². The van der Waals surface area contributed by atoms with Crippen molar-refractivity contribution in [3.63, 3.8) is 0 Å². The third kappa shape index (κ3) is 6.38. The molecule has 3 nitrogen and oxygen atoms in total. The van der Waals surface area contributed by atoms with E-state index in [0.29, 0.717) is 12.5 Å². The second-order valence-corrected chi connectivity index (χ2v) is 7.48. The molecule has 90 valence electrons. The molecule has 0 aromatic heterocycles. The van der Waals surface area contributed by atoms with Gasteiger partial charge in [0.05, 0.1) is 12.4 Å². The van der Waals surface area contributed by atoms with Crippen LogP contribution in [0.1, 0.15) is 26.7 Å². The average Bonchev–Trinajstić information content (AvgIpc) is 2.81. The summed E-state index contributed by atoms with van der Waals surface area (Å²) in [5, 5.41) is 0. The second-order valence-electron chi connectivity index (χ2n) is 4.66. The van der Waals surface area contributed by atoms with E-state index in [9.17, 15) is 8.42 Å². The van der Waals surface area contributed by atoms with Gasteiger partial charge in [-0.1, -0.05) is 13.8 Å². The minimum Gasteiger partial charge on any atom is -0.381 e. The predicted molar refractivity (Wildman–Crippen MR) is 61.5 cm³/mol. The SMILES string of the molecule is CC(COCC(C)C1CC1)CS(=O)(=O)Cl. The van der Waals surface area contributed by atoms with Gasteiger partial charge in [0.15, 0.2) is 0 Å². The van der Waals surface area contributed by atoms with Crippen molar-refractivity contribution in [1.29, 1.82) is 0 Å². The van der Waals surface area contributed by atoms with E-state index >= 15 is 0 Å². The standard InChI is InChI=1S/C10H19ClO3S/c1-8(7-15(11,12)13)5-14-6-9(2)10-3-4-10/h8-10H,3-7H2,1-2H3. The molecule has 0 bridgehead atoms. The number of halogens is 1. The Morgan fingerprint density at radius 1 is 1.33 bits per heavy atom. The van der Waals surface area contributed by atoms with E-state index in [1.54, 1.807) is 0 Å². The lowest BCUT2D eigenvalue weighted by Gasteiger charge is -2.13. The number of rotatable bonds is 7. The lowest BCUT2D eigenvalue weighted by atomic mass is 10.1. The molecule has 1 rings (SSSR count). The third-order valence-corrected chi connectivity index (χ3v) is 4.04. The molecule has 0 spiro atoms. The Kier molecular flexibility index (Phi) is 4.87. The number of hydrogen-bond donors (Lipinski definition) is 0. The largest absolute Gasteiger partial charge is 0.381 e. The summed E-state index contributed by atoms with van der Waals surface area (Å²) < 4.78 is 27.0. The summed E-state index contributed by atoms with van der Waals surface area (Å²) in [4.78, 5) is 0. The van der Waals surface area contributed by atoms with Crippen LogP contribution in [0.4, 0.5) is 0 Å². The van der Waals surface area contributed by atoms with Crippen molar-refractivity contribution < 1.29 is 13.2 Å². The minimum absolute atomic E-state index is 0.00757. The normalized spacial score (nSPS) is 21.3. The molecule has 0 heterocycles. The van der Waals surface area contributed by atoms with E-state index in [4.69, 9.17) is 15.4 Å². The van der Waals surface area contributed by atoms with Gasteiger partial charge in [0.25, 0.3) is 0 Å². The van der Waals surface area contributed by atoms with Crippen LogP contribution in [0.5, 0.6) is 0 Å². The van der Waals surface area contributed by atoms with Crippen molar-refractivity contribution >= 4 is 19.7 Å². The van der Waals surface area contributed by atoms with Crippen molar-refractivity contribution in [2.75, 3.05) is 19.0 Å². The molecule has 1 saturated carbocycles. The molecule has 2 atom stereocenters. The summed E-state index contributed by atoms with van der Waals surface area (Å²) in [6, 6.07) is 0. The van der Waals surface area contributed by atoms with Gasteiger partial charge in [0.1, 0.15) is 0 Å².